The molecule has 1 saturated carbocycles. The molecule has 34 heavy (non-hydrogen) atoms. The maximum absolute atomic E-state index is 13.2. The first-order valence-corrected chi connectivity index (χ1v) is 10.5. The van der Waals surface area contributed by atoms with Crippen LogP contribution >= 0.6 is 0 Å². The third-order valence-corrected chi connectivity index (χ3v) is 5.85. The van der Waals surface area contributed by atoms with Gasteiger partial charge in [-0.2, -0.15) is 26.3 Å². The van der Waals surface area contributed by atoms with Crippen LogP contribution in [0.4, 0.5) is 26.3 Å². The molecule has 1 N–H and O–H groups in total. The highest BCUT2D eigenvalue weighted by atomic mass is 19.4. The van der Waals surface area contributed by atoms with E-state index in [-0.39, 0.29) is 18.4 Å². The van der Waals surface area contributed by atoms with Crippen molar-refractivity contribution in [3.05, 3.63) is 34.9 Å². The standard InChI is InChI=1S/C22H25F6NO5/c1-33-19(31)16(20(32)34-2)11-17(12-6-4-3-5-7-12)29-18(30)13-8-14(21(23,24)25)10-15(9-13)22(26,27)28/h8-10,12,16-17H,3-7,11H2,1-2H3,(H,29,30)/t17-/m1/s1. The summed E-state index contributed by atoms with van der Waals surface area (Å²) in [5, 5.41) is 2.46. The highest BCUT2D eigenvalue weighted by Gasteiger charge is 2.39. The molecule has 2 rings (SSSR count). The van der Waals surface area contributed by atoms with Crippen LogP contribution in [0.2, 0.25) is 0 Å². The summed E-state index contributed by atoms with van der Waals surface area (Å²) in [5.74, 6) is -4.71. The van der Waals surface area contributed by atoms with Crippen molar-refractivity contribution in [1.29, 1.82) is 0 Å². The number of carbonyl (C=O) groups is 3. The zero-order chi connectivity index (χ0) is 25.7. The lowest BCUT2D eigenvalue weighted by molar-refractivity contribution is -0.159. The number of hydrogen-bond donors (Lipinski definition) is 1. The van der Waals surface area contributed by atoms with E-state index in [1.165, 1.54) is 0 Å². The van der Waals surface area contributed by atoms with E-state index in [1.54, 1.807) is 0 Å². The van der Waals surface area contributed by atoms with Crippen molar-refractivity contribution in [2.75, 3.05) is 14.2 Å². The van der Waals surface area contributed by atoms with E-state index in [1.807, 2.05) is 0 Å². The van der Waals surface area contributed by atoms with E-state index in [2.05, 4.69) is 14.8 Å². The van der Waals surface area contributed by atoms with Crippen LogP contribution in [0.1, 0.15) is 60.0 Å². The molecule has 0 unspecified atom stereocenters. The van der Waals surface area contributed by atoms with Crippen molar-refractivity contribution in [2.24, 2.45) is 11.8 Å². The van der Waals surface area contributed by atoms with Gasteiger partial charge in [-0.3, -0.25) is 14.4 Å². The molecule has 0 spiro atoms. The molecule has 12 heteroatoms. The molecule has 1 atom stereocenters. The number of amides is 1. The van der Waals surface area contributed by atoms with Gasteiger partial charge in [-0.05, 0) is 43.4 Å². The average molecular weight is 497 g/mol. The van der Waals surface area contributed by atoms with E-state index >= 15 is 0 Å². The monoisotopic (exact) mass is 497 g/mol. The van der Waals surface area contributed by atoms with E-state index < -0.39 is 58.8 Å². The number of ether oxygens (including phenoxy) is 2. The lowest BCUT2D eigenvalue weighted by Gasteiger charge is -2.32. The molecule has 6 nitrogen and oxygen atoms in total. The molecule has 1 aromatic rings. The van der Waals surface area contributed by atoms with Crippen LogP contribution in [-0.2, 0) is 31.4 Å². The molecule has 190 valence electrons. The summed E-state index contributed by atoms with van der Waals surface area (Å²) >= 11 is 0. The molecule has 1 aliphatic rings. The van der Waals surface area contributed by atoms with E-state index in [9.17, 15) is 40.7 Å². The molecule has 1 aliphatic carbocycles. The van der Waals surface area contributed by atoms with Crippen LogP contribution in [-0.4, -0.2) is 38.1 Å². The first-order valence-electron chi connectivity index (χ1n) is 10.5. The summed E-state index contributed by atoms with van der Waals surface area (Å²) in [6, 6.07) is -0.291. The van der Waals surface area contributed by atoms with Gasteiger partial charge in [0.1, 0.15) is 0 Å². The van der Waals surface area contributed by atoms with Gasteiger partial charge in [0.05, 0.1) is 25.3 Å². The van der Waals surface area contributed by atoms with Crippen LogP contribution in [0, 0.1) is 11.8 Å². The van der Waals surface area contributed by atoms with Crippen LogP contribution in [0.15, 0.2) is 18.2 Å². The summed E-state index contributed by atoms with van der Waals surface area (Å²) in [4.78, 5) is 37.1. The zero-order valence-corrected chi connectivity index (χ0v) is 18.5. The number of halogens is 6. The van der Waals surface area contributed by atoms with Gasteiger partial charge in [-0.1, -0.05) is 19.3 Å². The fourth-order valence-electron chi connectivity index (χ4n) is 4.07. The van der Waals surface area contributed by atoms with Crippen molar-refractivity contribution in [3.8, 4) is 0 Å². The Balaban J connectivity index is 2.41. The normalized spacial score (nSPS) is 16.1. The minimum atomic E-state index is -5.11. The summed E-state index contributed by atoms with van der Waals surface area (Å²) in [6.45, 7) is 0. The van der Waals surface area contributed by atoms with Crippen molar-refractivity contribution in [1.82, 2.24) is 5.32 Å². The topological polar surface area (TPSA) is 81.7 Å². The minimum absolute atomic E-state index is 0.0695. The second kappa shape index (κ2) is 11.1. The Hall–Kier alpha value is -2.79. The third-order valence-electron chi connectivity index (χ3n) is 5.85. The zero-order valence-electron chi connectivity index (χ0n) is 18.5. The predicted molar refractivity (Wildman–Crippen MR) is 106 cm³/mol. The van der Waals surface area contributed by atoms with Crippen molar-refractivity contribution in [3.63, 3.8) is 0 Å². The van der Waals surface area contributed by atoms with Gasteiger partial charge in [-0.25, -0.2) is 0 Å². The smallest absolute Gasteiger partial charge is 0.416 e. The van der Waals surface area contributed by atoms with Crippen molar-refractivity contribution < 1.29 is 50.2 Å². The average Bonchev–Trinajstić information content (AvgIpc) is 2.79. The lowest BCUT2D eigenvalue weighted by Crippen LogP contribution is -2.45. The maximum Gasteiger partial charge on any atom is 0.416 e. The highest BCUT2D eigenvalue weighted by Crippen LogP contribution is 2.37. The SMILES string of the molecule is COC(=O)C(C[C@@H](NC(=O)c1cc(C(F)(F)F)cc(C(F)(F)F)c1)C1CCCCC1)C(=O)OC. The number of carbonyl (C=O) groups excluding carboxylic acids is 3. The van der Waals surface area contributed by atoms with Gasteiger partial charge < -0.3 is 14.8 Å². The Labute approximate surface area is 192 Å². The molecule has 0 aromatic heterocycles. The van der Waals surface area contributed by atoms with Crippen molar-refractivity contribution in [2.45, 2.75) is 56.9 Å². The number of alkyl halides is 6. The Morgan fingerprint density at radius 3 is 1.76 bits per heavy atom. The Kier molecular flexibility index (Phi) is 8.96. The predicted octanol–water partition coefficient (Wildman–Crippen LogP) is 4.76. The second-order valence-corrected chi connectivity index (χ2v) is 8.11. The van der Waals surface area contributed by atoms with E-state index in [0.717, 1.165) is 33.5 Å². The molecule has 0 aliphatic heterocycles. The van der Waals surface area contributed by atoms with E-state index in [4.69, 9.17) is 0 Å². The Bertz CT molecular complexity index is 845. The summed E-state index contributed by atoms with van der Waals surface area (Å²) < 4.78 is 88.3. The molecule has 0 bridgehead atoms. The van der Waals surface area contributed by atoms with Gasteiger partial charge in [0.2, 0.25) is 0 Å². The summed E-state index contributed by atoms with van der Waals surface area (Å²) in [7, 11) is 2.10. The van der Waals surface area contributed by atoms with Crippen LogP contribution in [0.25, 0.3) is 0 Å². The molecule has 1 aromatic carbocycles. The van der Waals surface area contributed by atoms with Gasteiger partial charge in [-0.15, -0.1) is 0 Å². The molecular weight excluding hydrogens is 472 g/mol. The first kappa shape index (κ1) is 27.5. The van der Waals surface area contributed by atoms with E-state index in [0.29, 0.717) is 25.0 Å². The van der Waals surface area contributed by atoms with Gasteiger partial charge >= 0.3 is 24.3 Å². The van der Waals surface area contributed by atoms with Gasteiger partial charge in [0.25, 0.3) is 5.91 Å². The number of hydrogen-bond acceptors (Lipinski definition) is 5. The maximum atomic E-state index is 13.2. The number of nitrogens with one attached hydrogen (secondary N) is 1. The molecule has 1 fully saturated rings. The van der Waals surface area contributed by atoms with Crippen LogP contribution in [0.5, 0.6) is 0 Å². The summed E-state index contributed by atoms with van der Waals surface area (Å²) in [6.07, 6.45) is -6.84. The first-order chi connectivity index (χ1) is 15.8. The van der Waals surface area contributed by atoms with Crippen molar-refractivity contribution >= 4 is 17.8 Å². The number of esters is 2. The second-order valence-electron chi connectivity index (χ2n) is 8.11. The summed E-state index contributed by atoms with van der Waals surface area (Å²) in [5.41, 5.74) is -4.08. The quantitative estimate of drug-likeness (QED) is 0.334. The number of methoxy groups -OCH3 is 2. The Morgan fingerprint density at radius 2 is 1.35 bits per heavy atom. The lowest BCUT2D eigenvalue weighted by atomic mass is 9.80. The molecular formula is C22H25F6NO5. The van der Waals surface area contributed by atoms with Crippen LogP contribution < -0.4 is 5.32 Å². The largest absolute Gasteiger partial charge is 0.468 e. The van der Waals surface area contributed by atoms with Gasteiger partial charge in [0.15, 0.2) is 5.92 Å². The molecule has 0 heterocycles. The Morgan fingerprint density at radius 1 is 0.882 bits per heavy atom. The van der Waals surface area contributed by atoms with Gasteiger partial charge in [0, 0.05) is 11.6 Å². The van der Waals surface area contributed by atoms with Crippen LogP contribution in [0.3, 0.4) is 0 Å². The highest BCUT2D eigenvalue weighted by molar-refractivity contribution is 5.96. The fraction of sp³-hybridized carbons (Fsp3) is 0.591. The number of rotatable bonds is 7. The number of benzene rings is 1. The molecule has 1 amide bonds. The molecule has 0 saturated heterocycles. The third kappa shape index (κ3) is 7.10. The minimum Gasteiger partial charge on any atom is -0.468 e. The molecule has 0 radical (unpaired) electrons. The fourth-order valence-corrected chi connectivity index (χ4v) is 4.07.